The molecule has 2 aromatic rings. The molecule has 1 aromatic carbocycles. The van der Waals surface area contributed by atoms with Crippen LogP contribution in [0.2, 0.25) is 0 Å². The lowest BCUT2D eigenvalue weighted by Gasteiger charge is -2.18. The predicted octanol–water partition coefficient (Wildman–Crippen LogP) is 2.06. The maximum absolute atomic E-state index is 9.92. The van der Waals surface area contributed by atoms with E-state index in [1.165, 1.54) is 0 Å². The molecule has 0 bridgehead atoms. The van der Waals surface area contributed by atoms with E-state index in [2.05, 4.69) is 33.2 Å². The number of imidazole rings is 1. The number of hydrogen-bond donors (Lipinski definition) is 2. The normalized spacial score (nSPS) is 13.9. The number of ether oxygens (including phenoxy) is 1. The first-order valence-electron chi connectivity index (χ1n) is 6.89. The highest BCUT2D eigenvalue weighted by Crippen LogP contribution is 2.16. The fourth-order valence-electron chi connectivity index (χ4n) is 1.89. The summed E-state index contributed by atoms with van der Waals surface area (Å²) in [5, 5.41) is 13.2. The largest absolute Gasteiger partial charge is 0.491 e. The molecule has 0 radical (unpaired) electrons. The molecule has 0 fully saturated rings. The van der Waals surface area contributed by atoms with Crippen LogP contribution < -0.4 is 10.1 Å². The van der Waals surface area contributed by atoms with Crippen molar-refractivity contribution in [3.8, 4) is 5.75 Å². The number of nitrogens with zero attached hydrogens (tertiary/aromatic N) is 2. The van der Waals surface area contributed by atoms with E-state index in [1.54, 1.807) is 12.5 Å². The van der Waals surface area contributed by atoms with E-state index < -0.39 is 6.10 Å². The number of halogens is 1. The van der Waals surface area contributed by atoms with Gasteiger partial charge < -0.3 is 19.7 Å². The minimum absolute atomic E-state index is 0.251. The molecule has 2 atom stereocenters. The number of aromatic nitrogens is 2. The summed E-state index contributed by atoms with van der Waals surface area (Å²) >= 11 is 3.37. The second kappa shape index (κ2) is 8.17. The van der Waals surface area contributed by atoms with Gasteiger partial charge in [-0.3, -0.25) is 0 Å². The summed E-state index contributed by atoms with van der Waals surface area (Å²) < 4.78 is 8.54. The molecule has 0 aliphatic heterocycles. The van der Waals surface area contributed by atoms with Crippen LogP contribution in [0.3, 0.4) is 0 Å². The van der Waals surface area contributed by atoms with Crippen molar-refractivity contribution in [2.24, 2.45) is 0 Å². The van der Waals surface area contributed by atoms with E-state index in [9.17, 15) is 5.11 Å². The molecule has 21 heavy (non-hydrogen) atoms. The van der Waals surface area contributed by atoms with Crippen LogP contribution in [0.5, 0.6) is 5.75 Å². The SMILES string of the molecule is CC(Cn1ccnc1)NCC(O)COc1ccc(Br)cc1. The third kappa shape index (κ3) is 5.87. The number of aliphatic hydroxyl groups excluding tert-OH is 1. The first-order valence-corrected chi connectivity index (χ1v) is 7.68. The van der Waals surface area contributed by atoms with Crippen molar-refractivity contribution in [1.82, 2.24) is 14.9 Å². The summed E-state index contributed by atoms with van der Waals surface area (Å²) in [6, 6.07) is 7.81. The second-order valence-corrected chi connectivity index (χ2v) is 5.90. The third-order valence-corrected chi connectivity index (χ3v) is 3.53. The van der Waals surface area contributed by atoms with Crippen LogP contribution in [0.15, 0.2) is 47.5 Å². The highest BCUT2D eigenvalue weighted by molar-refractivity contribution is 9.10. The van der Waals surface area contributed by atoms with Gasteiger partial charge in [0.2, 0.25) is 0 Å². The average molecular weight is 354 g/mol. The van der Waals surface area contributed by atoms with Crippen LogP contribution in [0, 0.1) is 0 Å². The van der Waals surface area contributed by atoms with Gasteiger partial charge in [-0.1, -0.05) is 15.9 Å². The zero-order valence-corrected chi connectivity index (χ0v) is 13.5. The number of aliphatic hydroxyl groups is 1. The van der Waals surface area contributed by atoms with Crippen molar-refractivity contribution in [1.29, 1.82) is 0 Å². The molecule has 0 aliphatic rings. The molecule has 2 rings (SSSR count). The van der Waals surface area contributed by atoms with Crippen LogP contribution in [0.1, 0.15) is 6.92 Å². The minimum atomic E-state index is -0.543. The molecule has 0 saturated carbocycles. The summed E-state index contributed by atoms with van der Waals surface area (Å²) in [4.78, 5) is 4.00. The van der Waals surface area contributed by atoms with Crippen LogP contribution in [-0.2, 0) is 6.54 Å². The van der Waals surface area contributed by atoms with Crippen LogP contribution in [0.4, 0.5) is 0 Å². The molecule has 2 N–H and O–H groups in total. The molecular formula is C15H20BrN3O2. The Labute approximate surface area is 133 Å². The summed E-state index contributed by atoms with van der Waals surface area (Å²) in [6.07, 6.45) is 4.92. The lowest BCUT2D eigenvalue weighted by atomic mass is 10.3. The first-order chi connectivity index (χ1) is 10.1. The lowest BCUT2D eigenvalue weighted by molar-refractivity contribution is 0.103. The van der Waals surface area contributed by atoms with E-state index in [0.717, 1.165) is 16.8 Å². The zero-order valence-electron chi connectivity index (χ0n) is 11.9. The van der Waals surface area contributed by atoms with Crippen LogP contribution in [-0.4, -0.2) is 40.0 Å². The molecule has 5 nitrogen and oxygen atoms in total. The highest BCUT2D eigenvalue weighted by atomic mass is 79.9. The van der Waals surface area contributed by atoms with Gasteiger partial charge in [0.25, 0.3) is 0 Å². The topological polar surface area (TPSA) is 59.3 Å². The quantitative estimate of drug-likeness (QED) is 0.762. The zero-order chi connectivity index (χ0) is 15.1. The Morgan fingerprint density at radius 1 is 1.38 bits per heavy atom. The Balaban J connectivity index is 1.65. The summed E-state index contributed by atoms with van der Waals surface area (Å²) in [5.74, 6) is 0.753. The van der Waals surface area contributed by atoms with Gasteiger partial charge in [-0.05, 0) is 31.2 Å². The van der Waals surface area contributed by atoms with Gasteiger partial charge in [0, 0.05) is 36.0 Å². The standard InChI is InChI=1S/C15H20BrN3O2/c1-12(9-19-7-6-17-11-19)18-8-14(20)10-21-15-4-2-13(16)3-5-15/h2-7,11-12,14,18,20H,8-10H2,1H3. The van der Waals surface area contributed by atoms with Crippen LogP contribution >= 0.6 is 15.9 Å². The smallest absolute Gasteiger partial charge is 0.119 e. The number of nitrogens with one attached hydrogen (secondary N) is 1. The molecule has 114 valence electrons. The predicted molar refractivity (Wildman–Crippen MR) is 85.3 cm³/mol. The molecule has 0 saturated heterocycles. The van der Waals surface area contributed by atoms with E-state index in [0.29, 0.717) is 6.54 Å². The Hall–Kier alpha value is -1.37. The van der Waals surface area contributed by atoms with Gasteiger partial charge in [0.15, 0.2) is 0 Å². The summed E-state index contributed by atoms with van der Waals surface area (Å²) in [5.41, 5.74) is 0. The van der Waals surface area contributed by atoms with Crippen molar-refractivity contribution in [3.63, 3.8) is 0 Å². The Morgan fingerprint density at radius 2 is 2.14 bits per heavy atom. The molecule has 0 spiro atoms. The summed E-state index contributed by atoms with van der Waals surface area (Å²) in [6.45, 7) is 3.65. The monoisotopic (exact) mass is 353 g/mol. The van der Waals surface area contributed by atoms with E-state index in [1.807, 2.05) is 35.0 Å². The lowest BCUT2D eigenvalue weighted by Crippen LogP contribution is -2.38. The molecule has 2 unspecified atom stereocenters. The van der Waals surface area contributed by atoms with Gasteiger partial charge in [-0.2, -0.15) is 0 Å². The maximum atomic E-state index is 9.92. The van der Waals surface area contributed by atoms with Crippen LogP contribution in [0.25, 0.3) is 0 Å². The Kier molecular flexibility index (Phi) is 6.22. The molecule has 6 heteroatoms. The summed E-state index contributed by atoms with van der Waals surface area (Å²) in [7, 11) is 0. The second-order valence-electron chi connectivity index (χ2n) is 4.99. The highest BCUT2D eigenvalue weighted by Gasteiger charge is 2.08. The Bertz CT molecular complexity index is 516. The fourth-order valence-corrected chi connectivity index (χ4v) is 2.16. The number of rotatable bonds is 8. The van der Waals surface area contributed by atoms with Crippen molar-refractivity contribution >= 4 is 15.9 Å². The van der Waals surface area contributed by atoms with Crippen molar-refractivity contribution < 1.29 is 9.84 Å². The average Bonchev–Trinajstić information content (AvgIpc) is 2.97. The Morgan fingerprint density at radius 3 is 2.81 bits per heavy atom. The van der Waals surface area contributed by atoms with E-state index in [4.69, 9.17) is 4.74 Å². The van der Waals surface area contributed by atoms with Gasteiger partial charge in [-0.15, -0.1) is 0 Å². The molecular weight excluding hydrogens is 334 g/mol. The third-order valence-electron chi connectivity index (χ3n) is 3.00. The van der Waals surface area contributed by atoms with Crippen molar-refractivity contribution in [2.45, 2.75) is 25.6 Å². The van der Waals surface area contributed by atoms with E-state index in [-0.39, 0.29) is 12.6 Å². The molecule has 0 amide bonds. The van der Waals surface area contributed by atoms with Gasteiger partial charge in [0.05, 0.1) is 6.33 Å². The molecule has 0 aliphatic carbocycles. The molecule has 1 aromatic heterocycles. The van der Waals surface area contributed by atoms with E-state index >= 15 is 0 Å². The van der Waals surface area contributed by atoms with Crippen molar-refractivity contribution in [2.75, 3.05) is 13.2 Å². The number of hydrogen-bond acceptors (Lipinski definition) is 4. The fraction of sp³-hybridized carbons (Fsp3) is 0.400. The van der Waals surface area contributed by atoms with Gasteiger partial charge in [-0.25, -0.2) is 4.98 Å². The van der Waals surface area contributed by atoms with Gasteiger partial charge in [0.1, 0.15) is 18.5 Å². The minimum Gasteiger partial charge on any atom is -0.491 e. The maximum Gasteiger partial charge on any atom is 0.119 e. The number of benzene rings is 1. The van der Waals surface area contributed by atoms with Crippen molar-refractivity contribution in [3.05, 3.63) is 47.5 Å². The molecule has 1 heterocycles. The first kappa shape index (κ1) is 16.0. The van der Waals surface area contributed by atoms with Gasteiger partial charge >= 0.3 is 0 Å².